The van der Waals surface area contributed by atoms with E-state index in [9.17, 15) is 14.9 Å². The molecule has 3 rings (SSSR count). The van der Waals surface area contributed by atoms with Crippen molar-refractivity contribution < 1.29 is 9.59 Å². The maximum Gasteiger partial charge on any atom is 0.249 e. The number of anilines is 1. The average molecular weight is 320 g/mol. The van der Waals surface area contributed by atoms with Gasteiger partial charge in [0.1, 0.15) is 0 Å². The molecular weight excluding hydrogens is 300 g/mol. The molecule has 1 saturated carbocycles. The summed E-state index contributed by atoms with van der Waals surface area (Å²) >= 11 is 0. The van der Waals surface area contributed by atoms with Crippen LogP contribution in [0.15, 0.2) is 42.5 Å². The maximum atomic E-state index is 12.4. The molecule has 1 amide bonds. The van der Waals surface area contributed by atoms with Crippen molar-refractivity contribution in [2.45, 2.75) is 32.1 Å². The number of ketones is 1. The smallest absolute Gasteiger partial charge is 0.249 e. The first kappa shape index (κ1) is 16.2. The molecule has 1 atom stereocenters. The lowest BCUT2D eigenvalue weighted by molar-refractivity contribution is -0.129. The van der Waals surface area contributed by atoms with Crippen molar-refractivity contribution in [1.82, 2.24) is 0 Å². The van der Waals surface area contributed by atoms with Crippen LogP contribution in [0.25, 0.3) is 10.8 Å². The lowest BCUT2D eigenvalue weighted by atomic mass is 9.93. The van der Waals surface area contributed by atoms with Crippen LogP contribution >= 0.6 is 0 Å². The van der Waals surface area contributed by atoms with Gasteiger partial charge in [0, 0.05) is 17.5 Å². The van der Waals surface area contributed by atoms with Crippen molar-refractivity contribution in [1.29, 1.82) is 5.26 Å². The molecule has 0 spiro atoms. The minimum absolute atomic E-state index is 0.262. The minimum Gasteiger partial charge on any atom is -0.324 e. The number of amides is 1. The highest BCUT2D eigenvalue weighted by Gasteiger charge is 2.29. The number of nitriles is 1. The summed E-state index contributed by atoms with van der Waals surface area (Å²) in [6.07, 6.45) is 4.65. The number of hydrogen-bond donors (Lipinski definition) is 1. The van der Waals surface area contributed by atoms with Crippen LogP contribution in [0.5, 0.6) is 0 Å². The van der Waals surface area contributed by atoms with Crippen molar-refractivity contribution in [3.63, 3.8) is 0 Å². The minimum atomic E-state index is -1.23. The van der Waals surface area contributed by atoms with Crippen molar-refractivity contribution in [3.05, 3.63) is 42.5 Å². The molecule has 4 nitrogen and oxygen atoms in total. The van der Waals surface area contributed by atoms with Gasteiger partial charge in [-0.2, -0.15) is 5.26 Å². The van der Waals surface area contributed by atoms with E-state index in [1.54, 1.807) is 6.07 Å². The van der Waals surface area contributed by atoms with E-state index in [1.807, 2.05) is 42.5 Å². The Bertz CT molecular complexity index is 795. The Hall–Kier alpha value is -2.67. The van der Waals surface area contributed by atoms with Crippen molar-refractivity contribution in [2.75, 3.05) is 5.32 Å². The number of rotatable bonds is 5. The molecule has 0 heterocycles. The Morgan fingerprint density at radius 1 is 1.12 bits per heavy atom. The Kier molecular flexibility index (Phi) is 4.90. The molecule has 0 aromatic heterocycles. The molecule has 2 aromatic rings. The second kappa shape index (κ2) is 7.27. The highest BCUT2D eigenvalue weighted by Crippen LogP contribution is 2.29. The van der Waals surface area contributed by atoms with Crippen LogP contribution in [0.2, 0.25) is 0 Å². The highest BCUT2D eigenvalue weighted by atomic mass is 16.2. The molecular formula is C20H20N2O2. The molecule has 0 aliphatic heterocycles. The Morgan fingerprint density at radius 2 is 1.83 bits per heavy atom. The quantitative estimate of drug-likeness (QED) is 0.844. The van der Waals surface area contributed by atoms with E-state index >= 15 is 0 Å². The zero-order valence-corrected chi connectivity index (χ0v) is 13.5. The van der Waals surface area contributed by atoms with Crippen LogP contribution in [0.3, 0.4) is 0 Å². The molecule has 1 unspecified atom stereocenters. The number of carbonyl (C=O) groups excluding carboxylic acids is 2. The monoisotopic (exact) mass is 320 g/mol. The number of nitrogens with zero attached hydrogens (tertiary/aromatic N) is 1. The van der Waals surface area contributed by atoms with Crippen molar-refractivity contribution in [3.8, 4) is 6.07 Å². The number of Topliss-reactive ketones (excluding diaryl/α,β-unsaturated/α-hetero) is 1. The van der Waals surface area contributed by atoms with Gasteiger partial charge in [-0.25, -0.2) is 0 Å². The molecule has 0 bridgehead atoms. The maximum absolute atomic E-state index is 12.4. The third kappa shape index (κ3) is 3.46. The fourth-order valence-corrected chi connectivity index (χ4v) is 3.43. The molecule has 122 valence electrons. The average Bonchev–Trinajstić information content (AvgIpc) is 3.09. The Morgan fingerprint density at radius 3 is 2.58 bits per heavy atom. The van der Waals surface area contributed by atoms with Gasteiger partial charge in [-0.3, -0.25) is 9.59 Å². The fraction of sp³-hybridized carbons (Fsp3) is 0.350. The van der Waals surface area contributed by atoms with E-state index in [2.05, 4.69) is 5.32 Å². The first-order chi connectivity index (χ1) is 11.7. The molecule has 24 heavy (non-hydrogen) atoms. The highest BCUT2D eigenvalue weighted by molar-refractivity contribution is 6.12. The number of nitrogens with one attached hydrogen (secondary N) is 1. The van der Waals surface area contributed by atoms with E-state index in [0.717, 1.165) is 36.5 Å². The van der Waals surface area contributed by atoms with E-state index < -0.39 is 11.8 Å². The summed E-state index contributed by atoms with van der Waals surface area (Å²) in [6.45, 7) is 0. The molecule has 1 fully saturated rings. The zero-order chi connectivity index (χ0) is 16.9. The summed E-state index contributed by atoms with van der Waals surface area (Å²) in [5.74, 6) is -1.69. The number of fused-ring (bicyclic) bond motifs is 1. The predicted octanol–water partition coefficient (Wildman–Crippen LogP) is 4.07. The molecule has 0 saturated heterocycles. The van der Waals surface area contributed by atoms with Crippen LogP contribution in [0.4, 0.5) is 5.69 Å². The summed E-state index contributed by atoms with van der Waals surface area (Å²) < 4.78 is 0. The third-order valence-electron chi connectivity index (χ3n) is 4.73. The number of benzene rings is 2. The van der Waals surface area contributed by atoms with Crippen molar-refractivity contribution in [2.24, 2.45) is 11.8 Å². The molecule has 2 aromatic carbocycles. The summed E-state index contributed by atoms with van der Waals surface area (Å²) in [7, 11) is 0. The van der Waals surface area contributed by atoms with Crippen LogP contribution < -0.4 is 5.32 Å². The number of carbonyl (C=O) groups is 2. The lowest BCUT2D eigenvalue weighted by Crippen LogP contribution is -2.29. The van der Waals surface area contributed by atoms with E-state index in [0.29, 0.717) is 18.0 Å². The first-order valence-electron chi connectivity index (χ1n) is 8.40. The second-order valence-electron chi connectivity index (χ2n) is 6.40. The second-order valence-corrected chi connectivity index (χ2v) is 6.40. The SMILES string of the molecule is N#CC(C(=O)CC1CCCC1)C(=O)Nc1cccc2ccccc12. The summed E-state index contributed by atoms with van der Waals surface area (Å²) in [6, 6.07) is 15.2. The van der Waals surface area contributed by atoms with Gasteiger partial charge in [0.2, 0.25) is 5.91 Å². The van der Waals surface area contributed by atoms with Gasteiger partial charge in [-0.1, -0.05) is 62.1 Å². The standard InChI is InChI=1S/C20H20N2O2/c21-13-17(19(23)12-14-6-1-2-7-14)20(24)22-18-11-5-9-15-8-3-4-10-16(15)18/h3-5,8-11,14,17H,1-2,6-7,12H2,(H,22,24). The van der Waals surface area contributed by atoms with Crippen LogP contribution in [-0.4, -0.2) is 11.7 Å². The zero-order valence-electron chi connectivity index (χ0n) is 13.5. The van der Waals surface area contributed by atoms with E-state index in [-0.39, 0.29) is 5.78 Å². The van der Waals surface area contributed by atoms with Gasteiger partial charge >= 0.3 is 0 Å². The molecule has 1 N–H and O–H groups in total. The van der Waals surface area contributed by atoms with Crippen LogP contribution in [0, 0.1) is 23.2 Å². The van der Waals surface area contributed by atoms with Gasteiger partial charge < -0.3 is 5.32 Å². The third-order valence-corrected chi connectivity index (χ3v) is 4.73. The molecule has 1 aliphatic carbocycles. The summed E-state index contributed by atoms with van der Waals surface area (Å²) in [4.78, 5) is 24.8. The summed E-state index contributed by atoms with van der Waals surface area (Å²) in [5.41, 5.74) is 0.631. The van der Waals surface area contributed by atoms with Gasteiger partial charge in [0.05, 0.1) is 6.07 Å². The van der Waals surface area contributed by atoms with E-state index in [4.69, 9.17) is 0 Å². The summed E-state index contributed by atoms with van der Waals surface area (Å²) in [5, 5.41) is 14.0. The van der Waals surface area contributed by atoms with Gasteiger partial charge in [0.15, 0.2) is 11.7 Å². The van der Waals surface area contributed by atoms with Crippen molar-refractivity contribution >= 4 is 28.2 Å². The van der Waals surface area contributed by atoms with E-state index in [1.165, 1.54) is 0 Å². The van der Waals surface area contributed by atoms with Crippen LogP contribution in [-0.2, 0) is 9.59 Å². The topological polar surface area (TPSA) is 70.0 Å². The largest absolute Gasteiger partial charge is 0.324 e. The molecule has 4 heteroatoms. The molecule has 0 radical (unpaired) electrons. The Labute approximate surface area is 141 Å². The van der Waals surface area contributed by atoms with Crippen LogP contribution in [0.1, 0.15) is 32.1 Å². The lowest BCUT2D eigenvalue weighted by Gasteiger charge is -2.13. The normalized spacial score (nSPS) is 15.8. The van der Waals surface area contributed by atoms with Gasteiger partial charge in [-0.05, 0) is 17.4 Å². The molecule has 1 aliphatic rings. The first-order valence-corrected chi connectivity index (χ1v) is 8.40. The van der Waals surface area contributed by atoms with Gasteiger partial charge in [-0.15, -0.1) is 0 Å². The Balaban J connectivity index is 1.74. The fourth-order valence-electron chi connectivity index (χ4n) is 3.43. The predicted molar refractivity (Wildman–Crippen MR) is 93.3 cm³/mol. The number of hydrogen-bond acceptors (Lipinski definition) is 3. The van der Waals surface area contributed by atoms with Gasteiger partial charge in [0.25, 0.3) is 0 Å².